The topological polar surface area (TPSA) is 122 Å². The third-order valence-electron chi connectivity index (χ3n) is 4.12. The molecule has 1 amide bonds. The predicted octanol–water partition coefficient (Wildman–Crippen LogP) is 2.71. The molecule has 0 saturated carbocycles. The fraction of sp³-hybridized carbons (Fsp3) is 0.353. The number of carbonyl (C=O) groups is 3. The number of nitrogens with zero attached hydrogens (tertiary/aromatic N) is 4. The lowest BCUT2D eigenvalue weighted by Gasteiger charge is -2.52. The van der Waals surface area contributed by atoms with Crippen molar-refractivity contribution in [2.24, 2.45) is 5.11 Å². The minimum Gasteiger partial charge on any atom is -0.461 e. The van der Waals surface area contributed by atoms with E-state index in [1.807, 2.05) is 18.2 Å². The van der Waals surface area contributed by atoms with Crippen molar-refractivity contribution in [1.29, 1.82) is 0 Å². The molecular weight excluding hydrogens is 408 g/mol. The quantitative estimate of drug-likeness (QED) is 0.132. The molecule has 0 spiro atoms. The summed E-state index contributed by atoms with van der Waals surface area (Å²) in [7, 11) is 0. The molecule has 1 saturated heterocycles. The number of carbonyl (C=O) groups excluding carboxylic acids is 3. The van der Waals surface area contributed by atoms with Crippen molar-refractivity contribution in [3.05, 3.63) is 57.6 Å². The molecule has 2 heterocycles. The Hall–Kier alpha value is -2.68. The van der Waals surface area contributed by atoms with E-state index in [1.54, 1.807) is 12.1 Å². The van der Waals surface area contributed by atoms with Crippen molar-refractivity contribution in [2.75, 3.05) is 12.4 Å². The van der Waals surface area contributed by atoms with E-state index in [0.717, 1.165) is 10.5 Å². The molecule has 0 radical (unpaired) electrons. The summed E-state index contributed by atoms with van der Waals surface area (Å²) in [5, 5.41) is 2.64. The molecule has 28 heavy (non-hydrogen) atoms. The SMILES string of the molecule is CC(=O)OCC1=C(C(=O)OCc2ccccc2)N2C(=O)C(Cl)(N=[N+]=[N-])[C@H]2SC1. The number of benzene rings is 1. The van der Waals surface area contributed by atoms with E-state index in [0.29, 0.717) is 5.57 Å². The fourth-order valence-corrected chi connectivity index (χ4v) is 4.51. The molecule has 11 heteroatoms. The Balaban J connectivity index is 1.86. The number of alkyl halides is 1. The van der Waals surface area contributed by atoms with Crippen LogP contribution in [0.25, 0.3) is 10.4 Å². The van der Waals surface area contributed by atoms with Crippen molar-refractivity contribution in [3.63, 3.8) is 0 Å². The molecule has 1 unspecified atom stereocenters. The van der Waals surface area contributed by atoms with E-state index in [9.17, 15) is 14.4 Å². The second kappa shape index (κ2) is 8.14. The number of hydrogen-bond acceptors (Lipinski definition) is 7. The molecule has 1 fully saturated rings. The second-order valence-corrected chi connectivity index (χ2v) is 7.64. The molecule has 2 atom stereocenters. The Labute approximate surface area is 169 Å². The molecule has 1 aromatic rings. The average Bonchev–Trinajstić information content (AvgIpc) is 2.70. The first-order valence-corrected chi connectivity index (χ1v) is 9.58. The van der Waals surface area contributed by atoms with Crippen molar-refractivity contribution >= 4 is 41.2 Å². The summed E-state index contributed by atoms with van der Waals surface area (Å²) in [6, 6.07) is 9.04. The van der Waals surface area contributed by atoms with Gasteiger partial charge in [0.15, 0.2) is 0 Å². The molecule has 0 N–H and O–H groups in total. The smallest absolute Gasteiger partial charge is 0.355 e. The maximum Gasteiger partial charge on any atom is 0.355 e. The molecule has 0 bridgehead atoms. The van der Waals surface area contributed by atoms with Crippen molar-refractivity contribution in [1.82, 2.24) is 4.90 Å². The first-order chi connectivity index (χ1) is 13.4. The van der Waals surface area contributed by atoms with Crippen LogP contribution in [-0.4, -0.2) is 45.5 Å². The maximum absolute atomic E-state index is 12.8. The van der Waals surface area contributed by atoms with Gasteiger partial charge in [0.1, 0.15) is 24.3 Å². The Morgan fingerprint density at radius 2 is 2.07 bits per heavy atom. The number of β-lactam (4-membered cyclic amide) rings is 1. The highest BCUT2D eigenvalue weighted by Crippen LogP contribution is 2.50. The van der Waals surface area contributed by atoms with Crippen LogP contribution < -0.4 is 0 Å². The molecule has 2 aliphatic rings. The van der Waals surface area contributed by atoms with Crippen LogP contribution in [0.1, 0.15) is 12.5 Å². The minimum absolute atomic E-state index is 0.00618. The highest BCUT2D eigenvalue weighted by molar-refractivity contribution is 8.00. The second-order valence-electron chi connectivity index (χ2n) is 6.00. The summed E-state index contributed by atoms with van der Waals surface area (Å²) in [5.41, 5.74) is 9.85. The molecule has 0 aromatic heterocycles. The molecule has 9 nitrogen and oxygen atoms in total. The zero-order valence-electron chi connectivity index (χ0n) is 14.7. The zero-order chi connectivity index (χ0) is 20.3. The van der Waals surface area contributed by atoms with Crippen molar-refractivity contribution in [3.8, 4) is 0 Å². The zero-order valence-corrected chi connectivity index (χ0v) is 16.3. The van der Waals surface area contributed by atoms with E-state index < -0.39 is 28.2 Å². The number of ether oxygens (including phenoxy) is 2. The van der Waals surface area contributed by atoms with Crippen LogP contribution in [0.5, 0.6) is 0 Å². The number of amides is 1. The maximum atomic E-state index is 12.8. The van der Waals surface area contributed by atoms with Gasteiger partial charge in [-0.25, -0.2) is 4.79 Å². The van der Waals surface area contributed by atoms with Gasteiger partial charge in [0.05, 0.1) is 0 Å². The summed E-state index contributed by atoms with van der Waals surface area (Å²) in [4.78, 5) is 38.4. The lowest BCUT2D eigenvalue weighted by Crippen LogP contribution is -2.70. The molecule has 2 aliphatic heterocycles. The van der Waals surface area contributed by atoms with Gasteiger partial charge >= 0.3 is 11.9 Å². The van der Waals surface area contributed by atoms with Crippen LogP contribution in [0.4, 0.5) is 0 Å². The summed E-state index contributed by atoms with van der Waals surface area (Å²) in [6.45, 7) is 1.09. The Bertz CT molecular complexity index is 902. The van der Waals surface area contributed by atoms with E-state index in [2.05, 4.69) is 10.0 Å². The van der Waals surface area contributed by atoms with Gasteiger partial charge < -0.3 is 9.47 Å². The van der Waals surface area contributed by atoms with Crippen molar-refractivity contribution in [2.45, 2.75) is 23.9 Å². The Kier molecular flexibility index (Phi) is 5.83. The normalized spacial score (nSPS) is 23.3. The molecule has 146 valence electrons. The van der Waals surface area contributed by atoms with Crippen molar-refractivity contribution < 1.29 is 23.9 Å². The largest absolute Gasteiger partial charge is 0.461 e. The predicted molar refractivity (Wildman–Crippen MR) is 101 cm³/mol. The number of esters is 2. The van der Waals surface area contributed by atoms with Gasteiger partial charge in [-0.3, -0.25) is 14.5 Å². The van der Waals surface area contributed by atoms with E-state index in [-0.39, 0.29) is 24.7 Å². The van der Waals surface area contributed by atoms with Crippen LogP contribution in [-0.2, 0) is 30.5 Å². The van der Waals surface area contributed by atoms with E-state index in [4.69, 9.17) is 26.6 Å². The first-order valence-electron chi connectivity index (χ1n) is 8.15. The standard InChI is InChI=1S/C17H15ClN4O5S/c1-10(23)26-8-12-9-28-16-17(18,20-21-19)15(25)22(16)13(12)14(24)27-7-11-5-3-2-4-6-11/h2-6,16H,7-9H2,1H3/t16-,17?/m1/s1. The number of fused-ring (bicyclic) bond motifs is 1. The number of thioether (sulfide) groups is 1. The van der Waals surface area contributed by atoms with Crippen LogP contribution in [0.3, 0.4) is 0 Å². The average molecular weight is 423 g/mol. The molecule has 1 aromatic carbocycles. The van der Waals surface area contributed by atoms with Gasteiger partial charge in [0.2, 0.25) is 5.00 Å². The van der Waals surface area contributed by atoms with E-state index >= 15 is 0 Å². The number of rotatable bonds is 6. The monoisotopic (exact) mass is 422 g/mol. The number of azide groups is 1. The Morgan fingerprint density at radius 3 is 2.71 bits per heavy atom. The molecule has 0 aliphatic carbocycles. The fourth-order valence-electron chi connectivity index (χ4n) is 2.80. The first kappa shape index (κ1) is 20.1. The summed E-state index contributed by atoms with van der Waals surface area (Å²) >= 11 is 7.37. The summed E-state index contributed by atoms with van der Waals surface area (Å²) in [5.74, 6) is -1.74. The van der Waals surface area contributed by atoms with Gasteiger partial charge in [-0.1, -0.05) is 47.0 Å². The van der Waals surface area contributed by atoms with Gasteiger partial charge in [0.25, 0.3) is 5.91 Å². The van der Waals surface area contributed by atoms with Gasteiger partial charge in [-0.2, -0.15) is 0 Å². The number of halogens is 1. The summed E-state index contributed by atoms with van der Waals surface area (Å²) in [6.07, 6.45) is 0. The lowest BCUT2D eigenvalue weighted by molar-refractivity contribution is -0.153. The van der Waals surface area contributed by atoms with Crippen LogP contribution in [0.15, 0.2) is 46.7 Å². The highest BCUT2D eigenvalue weighted by atomic mass is 35.5. The van der Waals surface area contributed by atoms with Gasteiger partial charge in [-0.05, 0) is 11.1 Å². The van der Waals surface area contributed by atoms with Crippen LogP contribution in [0.2, 0.25) is 0 Å². The molecular formula is C17H15ClN4O5S. The highest BCUT2D eigenvalue weighted by Gasteiger charge is 2.64. The lowest BCUT2D eigenvalue weighted by atomic mass is 10.0. The number of hydrogen-bond donors (Lipinski definition) is 0. The third kappa shape index (κ3) is 3.66. The minimum atomic E-state index is -1.79. The van der Waals surface area contributed by atoms with Gasteiger partial charge in [0, 0.05) is 23.2 Å². The van der Waals surface area contributed by atoms with Gasteiger partial charge in [-0.15, -0.1) is 11.8 Å². The summed E-state index contributed by atoms with van der Waals surface area (Å²) < 4.78 is 10.3. The van der Waals surface area contributed by atoms with Crippen LogP contribution >= 0.6 is 23.4 Å². The third-order valence-corrected chi connectivity index (χ3v) is 6.07. The Morgan fingerprint density at radius 1 is 1.36 bits per heavy atom. The van der Waals surface area contributed by atoms with Crippen LogP contribution in [0, 0.1) is 0 Å². The molecule has 3 rings (SSSR count). The van der Waals surface area contributed by atoms with E-state index in [1.165, 1.54) is 18.7 Å².